The SMILES string of the molecule is O=C(NCC1CCCO1)c1cc2nc(C3CC3)cc(C(F)F)n2n1. The molecule has 24 heavy (non-hydrogen) atoms. The predicted octanol–water partition coefficient (Wildman–Crippen LogP) is 2.45. The van der Waals surface area contributed by atoms with Gasteiger partial charge in [-0.2, -0.15) is 5.10 Å². The van der Waals surface area contributed by atoms with Gasteiger partial charge < -0.3 is 10.1 Å². The van der Waals surface area contributed by atoms with Crippen LogP contribution in [0.1, 0.15) is 59.9 Å². The maximum Gasteiger partial charge on any atom is 0.280 e. The summed E-state index contributed by atoms with van der Waals surface area (Å²) in [4.78, 5) is 16.6. The number of alkyl halides is 2. The van der Waals surface area contributed by atoms with Gasteiger partial charge in [0.05, 0.1) is 6.10 Å². The van der Waals surface area contributed by atoms with Crippen molar-refractivity contribution < 1.29 is 18.3 Å². The van der Waals surface area contributed by atoms with E-state index in [2.05, 4.69) is 15.4 Å². The molecule has 1 unspecified atom stereocenters. The minimum Gasteiger partial charge on any atom is -0.376 e. The highest BCUT2D eigenvalue weighted by Gasteiger charge is 2.28. The van der Waals surface area contributed by atoms with Crippen molar-refractivity contribution in [2.24, 2.45) is 0 Å². The summed E-state index contributed by atoms with van der Waals surface area (Å²) in [6.07, 6.45) is 1.18. The van der Waals surface area contributed by atoms with E-state index in [4.69, 9.17) is 4.74 Å². The molecule has 4 rings (SSSR count). The van der Waals surface area contributed by atoms with Crippen molar-refractivity contribution in [1.82, 2.24) is 19.9 Å². The smallest absolute Gasteiger partial charge is 0.280 e. The quantitative estimate of drug-likeness (QED) is 0.911. The van der Waals surface area contributed by atoms with Crippen molar-refractivity contribution in [1.29, 1.82) is 0 Å². The zero-order valence-corrected chi connectivity index (χ0v) is 13.0. The van der Waals surface area contributed by atoms with Crippen LogP contribution < -0.4 is 5.32 Å². The molecule has 8 heteroatoms. The second kappa shape index (κ2) is 6.08. The maximum absolute atomic E-state index is 13.3. The first-order valence-electron chi connectivity index (χ1n) is 8.20. The first-order chi connectivity index (χ1) is 11.6. The average Bonchev–Trinajstić information content (AvgIpc) is 3.11. The number of carbonyl (C=O) groups is 1. The molecule has 0 spiro atoms. The van der Waals surface area contributed by atoms with E-state index < -0.39 is 12.3 Å². The number of ether oxygens (including phenoxy) is 1. The molecule has 2 fully saturated rings. The molecule has 0 aromatic carbocycles. The standard InChI is InChI=1S/C16H18F2N4O2/c17-15(18)13-6-11(9-3-4-9)20-14-7-12(21-22(13)14)16(23)19-8-10-2-1-5-24-10/h6-7,9-10,15H,1-5,8H2,(H,19,23). The lowest BCUT2D eigenvalue weighted by Crippen LogP contribution is -2.32. The van der Waals surface area contributed by atoms with Gasteiger partial charge in [0.2, 0.25) is 0 Å². The van der Waals surface area contributed by atoms with Crippen molar-refractivity contribution in [2.75, 3.05) is 13.2 Å². The molecular formula is C16H18F2N4O2. The number of halogens is 2. The minimum absolute atomic E-state index is 0.0159. The van der Waals surface area contributed by atoms with E-state index >= 15 is 0 Å². The van der Waals surface area contributed by atoms with Crippen LogP contribution in [0.2, 0.25) is 0 Å². The van der Waals surface area contributed by atoms with E-state index in [1.165, 1.54) is 12.1 Å². The zero-order chi connectivity index (χ0) is 16.7. The monoisotopic (exact) mass is 336 g/mol. The van der Waals surface area contributed by atoms with Crippen LogP contribution in [0.15, 0.2) is 12.1 Å². The molecule has 1 aliphatic heterocycles. The number of nitrogens with zero attached hydrogens (tertiary/aromatic N) is 3. The van der Waals surface area contributed by atoms with Gasteiger partial charge >= 0.3 is 0 Å². The Kier molecular flexibility index (Phi) is 3.91. The zero-order valence-electron chi connectivity index (χ0n) is 13.0. The van der Waals surface area contributed by atoms with Crippen LogP contribution in [-0.4, -0.2) is 39.8 Å². The third-order valence-electron chi connectivity index (χ3n) is 4.44. The molecule has 6 nitrogen and oxygen atoms in total. The molecule has 1 saturated carbocycles. The molecular weight excluding hydrogens is 318 g/mol. The topological polar surface area (TPSA) is 68.5 Å². The molecule has 0 bridgehead atoms. The summed E-state index contributed by atoms with van der Waals surface area (Å²) in [5.74, 6) is -0.150. The van der Waals surface area contributed by atoms with Gasteiger partial charge in [0.25, 0.3) is 12.3 Å². The number of amides is 1. The van der Waals surface area contributed by atoms with Crippen LogP contribution in [0.3, 0.4) is 0 Å². The molecule has 2 aromatic heterocycles. The van der Waals surface area contributed by atoms with Crippen molar-refractivity contribution in [3.8, 4) is 0 Å². The Morgan fingerprint density at radius 1 is 1.38 bits per heavy atom. The predicted molar refractivity (Wildman–Crippen MR) is 81.2 cm³/mol. The fourth-order valence-electron chi connectivity index (χ4n) is 2.98. The summed E-state index contributed by atoms with van der Waals surface area (Å²) in [7, 11) is 0. The molecule has 128 valence electrons. The van der Waals surface area contributed by atoms with Crippen molar-refractivity contribution in [3.63, 3.8) is 0 Å². The van der Waals surface area contributed by atoms with Gasteiger partial charge in [0.15, 0.2) is 11.3 Å². The Bertz CT molecular complexity index is 767. The second-order valence-corrected chi connectivity index (χ2v) is 6.33. The largest absolute Gasteiger partial charge is 0.376 e. The Morgan fingerprint density at radius 3 is 2.88 bits per heavy atom. The van der Waals surface area contributed by atoms with Crippen LogP contribution in [-0.2, 0) is 4.74 Å². The van der Waals surface area contributed by atoms with E-state index in [-0.39, 0.29) is 29.1 Å². The van der Waals surface area contributed by atoms with Gasteiger partial charge in [-0.25, -0.2) is 18.3 Å². The molecule has 0 radical (unpaired) electrons. The molecule has 1 atom stereocenters. The fourth-order valence-corrected chi connectivity index (χ4v) is 2.98. The highest BCUT2D eigenvalue weighted by atomic mass is 19.3. The van der Waals surface area contributed by atoms with Crippen molar-refractivity contribution >= 4 is 11.6 Å². The van der Waals surface area contributed by atoms with E-state index in [9.17, 15) is 13.6 Å². The van der Waals surface area contributed by atoms with Gasteiger partial charge in [-0.1, -0.05) is 0 Å². The lowest BCUT2D eigenvalue weighted by molar-refractivity contribution is 0.0853. The summed E-state index contributed by atoms with van der Waals surface area (Å²) in [6, 6.07) is 2.86. The summed E-state index contributed by atoms with van der Waals surface area (Å²) in [5.41, 5.74) is 0.816. The summed E-state index contributed by atoms with van der Waals surface area (Å²) in [5, 5.41) is 6.77. The average molecular weight is 336 g/mol. The molecule has 3 heterocycles. The second-order valence-electron chi connectivity index (χ2n) is 6.33. The van der Waals surface area contributed by atoms with Gasteiger partial charge in [0.1, 0.15) is 5.69 Å². The van der Waals surface area contributed by atoms with E-state index in [0.29, 0.717) is 18.8 Å². The molecule has 2 aliphatic rings. The number of carbonyl (C=O) groups excluding carboxylic acids is 1. The first kappa shape index (κ1) is 15.4. The van der Waals surface area contributed by atoms with Gasteiger partial charge in [-0.3, -0.25) is 4.79 Å². The van der Waals surface area contributed by atoms with Crippen molar-refractivity contribution in [2.45, 2.75) is 44.1 Å². The number of nitrogens with one attached hydrogen (secondary N) is 1. The normalized spacial score (nSPS) is 20.9. The Labute approximate surface area is 137 Å². The highest BCUT2D eigenvalue weighted by Crippen LogP contribution is 2.40. The molecule has 1 amide bonds. The van der Waals surface area contributed by atoms with Crippen LogP contribution >= 0.6 is 0 Å². The lowest BCUT2D eigenvalue weighted by Gasteiger charge is -2.09. The minimum atomic E-state index is -2.67. The van der Waals surface area contributed by atoms with Gasteiger partial charge in [-0.05, 0) is 31.7 Å². The Morgan fingerprint density at radius 2 is 2.21 bits per heavy atom. The van der Waals surface area contributed by atoms with Crippen LogP contribution in [0.5, 0.6) is 0 Å². The number of hydrogen-bond acceptors (Lipinski definition) is 4. The van der Waals surface area contributed by atoms with Gasteiger partial charge in [0, 0.05) is 30.8 Å². The summed E-state index contributed by atoms with van der Waals surface area (Å²) >= 11 is 0. The molecule has 1 saturated heterocycles. The first-order valence-corrected chi connectivity index (χ1v) is 8.20. The molecule has 1 aliphatic carbocycles. The van der Waals surface area contributed by atoms with E-state index in [0.717, 1.165) is 30.2 Å². The Hall–Kier alpha value is -2.09. The van der Waals surface area contributed by atoms with E-state index in [1.54, 1.807) is 0 Å². The van der Waals surface area contributed by atoms with Crippen LogP contribution in [0.25, 0.3) is 5.65 Å². The number of fused-ring (bicyclic) bond motifs is 1. The van der Waals surface area contributed by atoms with Gasteiger partial charge in [-0.15, -0.1) is 0 Å². The maximum atomic E-state index is 13.3. The van der Waals surface area contributed by atoms with Crippen molar-refractivity contribution in [3.05, 3.63) is 29.2 Å². The fraction of sp³-hybridized carbons (Fsp3) is 0.562. The van der Waals surface area contributed by atoms with Crippen LogP contribution in [0, 0.1) is 0 Å². The number of rotatable bonds is 5. The lowest BCUT2D eigenvalue weighted by atomic mass is 10.2. The molecule has 1 N–H and O–H groups in total. The molecule has 2 aromatic rings. The summed E-state index contributed by atoms with van der Waals surface area (Å²) < 4.78 is 33.1. The third-order valence-corrected chi connectivity index (χ3v) is 4.44. The van der Waals surface area contributed by atoms with E-state index in [1.807, 2.05) is 0 Å². The number of hydrogen-bond donors (Lipinski definition) is 1. The Balaban J connectivity index is 1.59. The summed E-state index contributed by atoms with van der Waals surface area (Å²) in [6.45, 7) is 1.11. The van der Waals surface area contributed by atoms with Crippen LogP contribution in [0.4, 0.5) is 8.78 Å². The third kappa shape index (κ3) is 2.98. The number of aromatic nitrogens is 3. The highest BCUT2D eigenvalue weighted by molar-refractivity contribution is 5.93.